The maximum Gasteiger partial charge on any atom is 0.312 e. The number of benzene rings is 1. The molecule has 8 nitrogen and oxygen atoms in total. The van der Waals surface area contributed by atoms with E-state index in [-0.39, 0.29) is 23.8 Å². The van der Waals surface area contributed by atoms with Crippen molar-refractivity contribution in [3.8, 4) is 5.75 Å². The summed E-state index contributed by atoms with van der Waals surface area (Å²) in [6.45, 7) is 0.315. The monoisotopic (exact) mass is 289 g/mol. The third-order valence-electron chi connectivity index (χ3n) is 2.28. The first kappa shape index (κ1) is 15.3. The molecule has 0 unspecified atom stereocenters. The predicted molar refractivity (Wildman–Crippen MR) is 68.5 cm³/mol. The Morgan fingerprint density at radius 2 is 2.05 bits per heavy atom. The molecule has 0 bridgehead atoms. The Balaban J connectivity index is 3.28. The van der Waals surface area contributed by atoms with Gasteiger partial charge in [0.2, 0.25) is 10.0 Å². The van der Waals surface area contributed by atoms with Crippen LogP contribution in [0.4, 0.5) is 5.69 Å². The topological polar surface area (TPSA) is 116 Å². The van der Waals surface area contributed by atoms with Gasteiger partial charge in [0.25, 0.3) is 0 Å². The third-order valence-corrected chi connectivity index (χ3v) is 4.09. The molecular formula is C10H15N3O5S. The molecule has 0 atom stereocenters. The minimum absolute atomic E-state index is 0.00634. The van der Waals surface area contributed by atoms with Crippen molar-refractivity contribution in [2.75, 3.05) is 27.2 Å². The van der Waals surface area contributed by atoms with Gasteiger partial charge in [0.15, 0.2) is 5.75 Å². The number of rotatable bonds is 6. The Morgan fingerprint density at radius 1 is 1.42 bits per heavy atom. The van der Waals surface area contributed by atoms with E-state index in [4.69, 9.17) is 10.5 Å². The quantitative estimate of drug-likeness (QED) is 0.590. The van der Waals surface area contributed by atoms with E-state index in [1.807, 2.05) is 0 Å². The van der Waals surface area contributed by atoms with Gasteiger partial charge in [-0.2, -0.15) is 0 Å². The van der Waals surface area contributed by atoms with Gasteiger partial charge in [-0.25, -0.2) is 12.7 Å². The second-order valence-corrected chi connectivity index (χ2v) is 5.96. The molecule has 0 aliphatic rings. The standard InChI is InChI=1S/C10H15N3O5S/c1-12(2)19(16,17)8-3-4-10(18-6-5-11)9(7-8)13(14)15/h3-4,7H,5-6,11H2,1-2H3. The minimum Gasteiger partial charge on any atom is -0.485 e. The highest BCUT2D eigenvalue weighted by atomic mass is 32.2. The highest BCUT2D eigenvalue weighted by Gasteiger charge is 2.23. The highest BCUT2D eigenvalue weighted by Crippen LogP contribution is 2.30. The van der Waals surface area contributed by atoms with Crippen molar-refractivity contribution < 1.29 is 18.1 Å². The summed E-state index contributed by atoms with van der Waals surface area (Å²) in [5.74, 6) is -0.00634. The van der Waals surface area contributed by atoms with Crippen LogP contribution in [0.25, 0.3) is 0 Å². The van der Waals surface area contributed by atoms with E-state index in [0.717, 1.165) is 10.4 Å². The lowest BCUT2D eigenvalue weighted by molar-refractivity contribution is -0.386. The van der Waals surface area contributed by atoms with Crippen molar-refractivity contribution in [3.63, 3.8) is 0 Å². The van der Waals surface area contributed by atoms with Crippen LogP contribution in [0.3, 0.4) is 0 Å². The summed E-state index contributed by atoms with van der Waals surface area (Å²) in [6, 6.07) is 3.49. The largest absolute Gasteiger partial charge is 0.485 e. The Morgan fingerprint density at radius 3 is 2.53 bits per heavy atom. The zero-order valence-corrected chi connectivity index (χ0v) is 11.4. The van der Waals surface area contributed by atoms with Crippen molar-refractivity contribution in [1.82, 2.24) is 4.31 Å². The first-order valence-electron chi connectivity index (χ1n) is 5.34. The third kappa shape index (κ3) is 3.40. The number of nitrogens with zero attached hydrogens (tertiary/aromatic N) is 2. The van der Waals surface area contributed by atoms with Gasteiger partial charge in [0.1, 0.15) is 6.61 Å². The molecular weight excluding hydrogens is 274 g/mol. The first-order chi connectivity index (χ1) is 8.80. The lowest BCUT2D eigenvalue weighted by Gasteiger charge is -2.12. The van der Waals surface area contributed by atoms with Gasteiger partial charge < -0.3 is 10.5 Å². The zero-order chi connectivity index (χ0) is 14.6. The molecule has 0 radical (unpaired) electrons. The molecule has 0 saturated carbocycles. The van der Waals surface area contributed by atoms with Crippen LogP contribution in [-0.4, -0.2) is 44.9 Å². The van der Waals surface area contributed by atoms with E-state index in [2.05, 4.69) is 0 Å². The van der Waals surface area contributed by atoms with Gasteiger partial charge >= 0.3 is 5.69 Å². The van der Waals surface area contributed by atoms with Gasteiger partial charge in [0.05, 0.1) is 9.82 Å². The molecule has 2 N–H and O–H groups in total. The van der Waals surface area contributed by atoms with Crippen molar-refractivity contribution in [1.29, 1.82) is 0 Å². The summed E-state index contributed by atoms with van der Waals surface area (Å²) in [7, 11) is -1.03. The smallest absolute Gasteiger partial charge is 0.312 e. The van der Waals surface area contributed by atoms with Crippen LogP contribution in [0.15, 0.2) is 23.1 Å². The average molecular weight is 289 g/mol. The molecule has 1 rings (SSSR count). The van der Waals surface area contributed by atoms with Gasteiger partial charge in [-0.3, -0.25) is 10.1 Å². The number of nitrogens with two attached hydrogens (primary N) is 1. The van der Waals surface area contributed by atoms with E-state index >= 15 is 0 Å². The molecule has 0 saturated heterocycles. The molecule has 106 valence electrons. The summed E-state index contributed by atoms with van der Waals surface area (Å²) in [6.07, 6.45) is 0. The predicted octanol–water partition coefficient (Wildman–Crippen LogP) is 0.183. The second-order valence-electron chi connectivity index (χ2n) is 3.81. The van der Waals surface area contributed by atoms with Crippen LogP contribution in [0.5, 0.6) is 5.75 Å². The van der Waals surface area contributed by atoms with Crippen molar-refractivity contribution in [3.05, 3.63) is 28.3 Å². The number of hydrogen-bond donors (Lipinski definition) is 1. The van der Waals surface area contributed by atoms with Gasteiger partial charge in [-0.15, -0.1) is 0 Å². The van der Waals surface area contributed by atoms with Gasteiger partial charge in [0, 0.05) is 26.7 Å². The number of nitro benzene ring substituents is 1. The van der Waals surface area contributed by atoms with E-state index < -0.39 is 20.6 Å². The second kappa shape index (κ2) is 5.95. The molecule has 1 aromatic carbocycles. The fourth-order valence-electron chi connectivity index (χ4n) is 1.30. The van der Waals surface area contributed by atoms with Crippen LogP contribution < -0.4 is 10.5 Å². The Hall–Kier alpha value is -1.71. The van der Waals surface area contributed by atoms with Crippen molar-refractivity contribution in [2.24, 2.45) is 5.73 Å². The molecule has 0 spiro atoms. The SMILES string of the molecule is CN(C)S(=O)(=O)c1ccc(OCCN)c([N+](=O)[O-])c1. The summed E-state index contributed by atoms with van der Waals surface area (Å²) >= 11 is 0. The number of hydrogen-bond acceptors (Lipinski definition) is 6. The summed E-state index contributed by atoms with van der Waals surface area (Å²) in [5.41, 5.74) is 4.84. The molecule has 0 fully saturated rings. The van der Waals surface area contributed by atoms with Crippen LogP contribution in [0, 0.1) is 10.1 Å². The molecule has 0 aromatic heterocycles. The zero-order valence-electron chi connectivity index (χ0n) is 10.6. The average Bonchev–Trinajstić information content (AvgIpc) is 2.35. The summed E-state index contributed by atoms with van der Waals surface area (Å²) in [5, 5.41) is 10.9. The summed E-state index contributed by atoms with van der Waals surface area (Å²) in [4.78, 5) is 10.1. The van der Waals surface area contributed by atoms with E-state index in [1.54, 1.807) is 0 Å². The number of ether oxygens (including phenoxy) is 1. The minimum atomic E-state index is -3.72. The molecule has 1 aromatic rings. The van der Waals surface area contributed by atoms with Crippen molar-refractivity contribution in [2.45, 2.75) is 4.90 Å². The van der Waals surface area contributed by atoms with Gasteiger partial charge in [-0.05, 0) is 12.1 Å². The van der Waals surface area contributed by atoms with Crippen molar-refractivity contribution >= 4 is 15.7 Å². The number of nitro groups is 1. The fourth-order valence-corrected chi connectivity index (χ4v) is 2.22. The van der Waals surface area contributed by atoms with Crippen LogP contribution in [0.1, 0.15) is 0 Å². The van der Waals surface area contributed by atoms with Crippen LogP contribution in [0.2, 0.25) is 0 Å². The van der Waals surface area contributed by atoms with E-state index in [0.29, 0.717) is 0 Å². The number of sulfonamides is 1. The summed E-state index contributed by atoms with van der Waals surface area (Å²) < 4.78 is 29.8. The first-order valence-corrected chi connectivity index (χ1v) is 6.78. The van der Waals surface area contributed by atoms with Crippen LogP contribution in [-0.2, 0) is 10.0 Å². The Kier molecular flexibility index (Phi) is 4.81. The van der Waals surface area contributed by atoms with E-state index in [9.17, 15) is 18.5 Å². The maximum absolute atomic E-state index is 11.9. The lowest BCUT2D eigenvalue weighted by Crippen LogP contribution is -2.22. The normalized spacial score (nSPS) is 11.6. The molecule has 0 heterocycles. The Bertz CT molecular complexity index is 571. The van der Waals surface area contributed by atoms with Crippen LogP contribution >= 0.6 is 0 Å². The molecule has 19 heavy (non-hydrogen) atoms. The van der Waals surface area contributed by atoms with E-state index in [1.165, 1.54) is 26.2 Å². The highest BCUT2D eigenvalue weighted by molar-refractivity contribution is 7.89. The maximum atomic E-state index is 11.9. The molecule has 9 heteroatoms. The fraction of sp³-hybridized carbons (Fsp3) is 0.400. The molecule has 0 aliphatic carbocycles. The molecule has 0 amide bonds. The van der Waals surface area contributed by atoms with Gasteiger partial charge in [-0.1, -0.05) is 0 Å². The lowest BCUT2D eigenvalue weighted by atomic mass is 10.3. The molecule has 0 aliphatic heterocycles. The Labute approximate surface area is 111 Å².